The summed E-state index contributed by atoms with van der Waals surface area (Å²) in [5.41, 5.74) is 1.55. The van der Waals surface area contributed by atoms with Gasteiger partial charge in [0.1, 0.15) is 18.1 Å². The zero-order valence-corrected chi connectivity index (χ0v) is 21.3. The van der Waals surface area contributed by atoms with Gasteiger partial charge in [-0.1, -0.05) is 0 Å². The number of alkyl halides is 3. The van der Waals surface area contributed by atoms with Crippen molar-refractivity contribution in [3.05, 3.63) is 64.8 Å². The molecule has 1 atom stereocenters. The summed E-state index contributed by atoms with van der Waals surface area (Å²) < 4.78 is 37.6. The zero-order valence-electron chi connectivity index (χ0n) is 21.3. The molecule has 2 aromatic heterocycles. The Bertz CT molecular complexity index is 1350. The van der Waals surface area contributed by atoms with Crippen LogP contribution in [0.2, 0.25) is 0 Å². The molecule has 2 aliphatic rings. The molecule has 2 aliphatic heterocycles. The lowest BCUT2D eigenvalue weighted by Crippen LogP contribution is -2.39. The Morgan fingerprint density at radius 1 is 1.08 bits per heavy atom. The fourth-order valence-corrected chi connectivity index (χ4v) is 5.13. The van der Waals surface area contributed by atoms with Crippen molar-refractivity contribution < 1.29 is 18.0 Å². The fraction of sp³-hybridized carbons (Fsp3) is 0.407. The van der Waals surface area contributed by atoms with Crippen molar-refractivity contribution in [2.45, 2.75) is 37.9 Å². The van der Waals surface area contributed by atoms with Gasteiger partial charge in [0, 0.05) is 42.1 Å². The van der Waals surface area contributed by atoms with Crippen LogP contribution in [0.15, 0.2) is 53.7 Å². The molecule has 5 rings (SSSR count). The van der Waals surface area contributed by atoms with E-state index in [9.17, 15) is 22.8 Å². The number of hydrogen-bond acceptors (Lipinski definition) is 7. The molecule has 1 aromatic carbocycles. The smallest absolute Gasteiger partial charge is 0.367 e. The van der Waals surface area contributed by atoms with Crippen molar-refractivity contribution in [3.8, 4) is 11.3 Å². The van der Waals surface area contributed by atoms with Gasteiger partial charge in [-0.3, -0.25) is 14.6 Å². The van der Waals surface area contributed by atoms with Crippen LogP contribution in [-0.4, -0.2) is 70.7 Å². The minimum atomic E-state index is -4.41. The number of carbonyl (C=O) groups is 1. The third-order valence-electron chi connectivity index (χ3n) is 7.06. The predicted octanol–water partition coefficient (Wildman–Crippen LogP) is 4.12. The van der Waals surface area contributed by atoms with Crippen molar-refractivity contribution >= 4 is 23.1 Å². The van der Waals surface area contributed by atoms with Crippen LogP contribution in [0.4, 0.5) is 30.4 Å². The number of benzene rings is 1. The lowest BCUT2D eigenvalue weighted by molar-refractivity contribution is -0.115. The number of likely N-dealkylation sites (tertiary alicyclic amines) is 1. The van der Waals surface area contributed by atoms with Crippen LogP contribution in [0, 0.1) is 0 Å². The van der Waals surface area contributed by atoms with Crippen molar-refractivity contribution in [2.24, 2.45) is 0 Å². The summed E-state index contributed by atoms with van der Waals surface area (Å²) in [6.45, 7) is 3.12. The number of nitrogens with zero attached hydrogens (tertiary/aromatic N) is 4. The van der Waals surface area contributed by atoms with Gasteiger partial charge in [0.25, 0.3) is 11.5 Å². The summed E-state index contributed by atoms with van der Waals surface area (Å²) in [4.78, 5) is 40.9. The summed E-state index contributed by atoms with van der Waals surface area (Å²) in [5.74, 6) is -0.520. The largest absolute Gasteiger partial charge is 0.405 e. The van der Waals surface area contributed by atoms with Crippen molar-refractivity contribution in [3.63, 3.8) is 0 Å². The third-order valence-corrected chi connectivity index (χ3v) is 7.06. The Kier molecular flexibility index (Phi) is 7.82. The Balaban J connectivity index is 1.26. The molecule has 3 aromatic rings. The minimum Gasteiger partial charge on any atom is -0.367 e. The van der Waals surface area contributed by atoms with Crippen molar-refractivity contribution in [2.75, 3.05) is 48.3 Å². The zero-order chi connectivity index (χ0) is 27.4. The highest BCUT2D eigenvalue weighted by molar-refractivity contribution is 6.04. The van der Waals surface area contributed by atoms with Crippen LogP contribution in [0.3, 0.4) is 0 Å². The Morgan fingerprint density at radius 3 is 2.59 bits per heavy atom. The number of aromatic amines is 1. The fourth-order valence-electron chi connectivity index (χ4n) is 5.13. The molecule has 206 valence electrons. The number of nitrogens with one attached hydrogen (secondary N) is 3. The Hall–Kier alpha value is -3.93. The van der Waals surface area contributed by atoms with Crippen LogP contribution in [0.5, 0.6) is 0 Å². The quantitative estimate of drug-likeness (QED) is 0.394. The van der Waals surface area contributed by atoms with Crippen LogP contribution >= 0.6 is 0 Å². The first-order chi connectivity index (χ1) is 18.7. The minimum absolute atomic E-state index is 0.0118. The number of H-pyrrole nitrogens is 1. The van der Waals surface area contributed by atoms with E-state index in [4.69, 9.17) is 0 Å². The second-order valence-electron chi connectivity index (χ2n) is 9.89. The van der Waals surface area contributed by atoms with Gasteiger partial charge in [0.05, 0.1) is 18.1 Å². The second kappa shape index (κ2) is 11.4. The lowest BCUT2D eigenvalue weighted by Gasteiger charge is -2.30. The number of halogens is 3. The van der Waals surface area contributed by atoms with Crippen LogP contribution in [-0.2, 0) is 0 Å². The van der Waals surface area contributed by atoms with E-state index in [1.165, 1.54) is 37.5 Å². The van der Waals surface area contributed by atoms with E-state index in [1.54, 1.807) is 12.1 Å². The third kappa shape index (κ3) is 6.75. The molecule has 0 saturated carbocycles. The maximum Gasteiger partial charge on any atom is 0.405 e. The van der Waals surface area contributed by atoms with E-state index in [-0.39, 0.29) is 17.2 Å². The van der Waals surface area contributed by atoms with E-state index in [1.807, 2.05) is 12.1 Å². The number of anilines is 3. The molecule has 0 aliphatic carbocycles. The van der Waals surface area contributed by atoms with Crippen molar-refractivity contribution in [1.82, 2.24) is 19.9 Å². The molecule has 12 heteroatoms. The maximum absolute atomic E-state index is 12.9. The highest BCUT2D eigenvalue weighted by atomic mass is 19.4. The highest BCUT2D eigenvalue weighted by Gasteiger charge is 2.28. The van der Waals surface area contributed by atoms with E-state index >= 15 is 0 Å². The Labute approximate surface area is 223 Å². The number of hydrogen-bond donors (Lipinski definition) is 3. The molecular formula is C27H30F3N7O2. The van der Waals surface area contributed by atoms with E-state index in [0.717, 1.165) is 44.7 Å². The van der Waals surface area contributed by atoms with Crippen LogP contribution in [0.1, 0.15) is 36.0 Å². The molecular weight excluding hydrogens is 511 g/mol. The molecule has 1 amide bonds. The standard InChI is InChI=1S/C27H30F3N7O2/c28-27(29,30)17-33-24-15-31-14-23(34-24)19-12-22(26(39)32-13-19)35-25(38)18-5-7-20(8-6-18)37-11-3-4-21(37)16-36-9-1-2-10-36/h5-8,12-15,21H,1-4,9-11,16-17H2,(H,32,39)(H,33,34)(H,35,38)/t21-/m0/s1. The summed E-state index contributed by atoms with van der Waals surface area (Å²) >= 11 is 0. The number of carbonyl (C=O) groups excluding carboxylic acids is 1. The van der Waals surface area contributed by atoms with Gasteiger partial charge < -0.3 is 25.4 Å². The molecule has 0 radical (unpaired) electrons. The van der Waals surface area contributed by atoms with Gasteiger partial charge >= 0.3 is 6.18 Å². The van der Waals surface area contributed by atoms with E-state index in [0.29, 0.717) is 17.2 Å². The topological polar surface area (TPSA) is 106 Å². The molecule has 0 unspecified atom stereocenters. The van der Waals surface area contributed by atoms with Crippen LogP contribution < -0.4 is 21.1 Å². The predicted molar refractivity (Wildman–Crippen MR) is 143 cm³/mol. The Morgan fingerprint density at radius 2 is 1.85 bits per heavy atom. The van der Waals surface area contributed by atoms with Gasteiger partial charge in [-0.2, -0.15) is 13.2 Å². The molecule has 0 spiro atoms. The number of pyridine rings is 1. The van der Waals surface area contributed by atoms with E-state index in [2.05, 4.69) is 35.4 Å². The van der Waals surface area contributed by atoms with Gasteiger partial charge in [-0.05, 0) is 69.1 Å². The monoisotopic (exact) mass is 541 g/mol. The molecule has 2 fully saturated rings. The molecule has 0 bridgehead atoms. The van der Waals surface area contributed by atoms with Crippen molar-refractivity contribution in [1.29, 1.82) is 0 Å². The summed E-state index contributed by atoms with van der Waals surface area (Å²) in [6.07, 6.45) is 4.31. The number of amides is 1. The van der Waals surface area contributed by atoms with Gasteiger partial charge in [0.2, 0.25) is 0 Å². The second-order valence-corrected chi connectivity index (χ2v) is 9.89. The first kappa shape index (κ1) is 26.7. The van der Waals surface area contributed by atoms with Gasteiger partial charge in [0.15, 0.2) is 0 Å². The van der Waals surface area contributed by atoms with E-state index < -0.39 is 24.2 Å². The summed E-state index contributed by atoms with van der Waals surface area (Å²) in [6, 6.07) is 9.24. The molecule has 39 heavy (non-hydrogen) atoms. The SMILES string of the molecule is O=C(Nc1cc(-c2cncc(NCC(F)(F)F)n2)c[nH]c1=O)c1ccc(N2CCC[C@H]2CN2CCCC2)cc1. The summed E-state index contributed by atoms with van der Waals surface area (Å²) in [7, 11) is 0. The molecule has 2 saturated heterocycles. The first-order valence-corrected chi connectivity index (χ1v) is 13.0. The number of rotatable bonds is 8. The van der Waals surface area contributed by atoms with Gasteiger partial charge in [-0.25, -0.2) is 4.98 Å². The molecule has 4 heterocycles. The van der Waals surface area contributed by atoms with Gasteiger partial charge in [-0.15, -0.1) is 0 Å². The van der Waals surface area contributed by atoms with Crippen LogP contribution in [0.25, 0.3) is 11.3 Å². The molecule has 3 N–H and O–H groups in total. The average Bonchev–Trinajstić information content (AvgIpc) is 3.61. The maximum atomic E-state index is 12.9. The number of aromatic nitrogens is 3. The first-order valence-electron chi connectivity index (χ1n) is 13.0. The normalized spacial score (nSPS) is 17.9. The molecule has 9 nitrogen and oxygen atoms in total. The highest BCUT2D eigenvalue weighted by Crippen LogP contribution is 2.27. The lowest BCUT2D eigenvalue weighted by atomic mass is 10.1. The average molecular weight is 542 g/mol. The summed E-state index contributed by atoms with van der Waals surface area (Å²) in [5, 5.41) is 4.80.